The number of hydrogen-bond donors (Lipinski definition) is 3. The lowest BCUT2D eigenvalue weighted by Crippen LogP contribution is -2.43. The van der Waals surface area contributed by atoms with E-state index in [1.54, 1.807) is 0 Å². The van der Waals surface area contributed by atoms with Crippen LogP contribution in [0.1, 0.15) is 44.1 Å². The number of rotatable bonds is 5. The molecule has 0 spiro atoms. The minimum atomic E-state index is -0.123. The van der Waals surface area contributed by atoms with Crippen molar-refractivity contribution in [1.29, 1.82) is 0 Å². The van der Waals surface area contributed by atoms with Crippen LogP contribution in [0.4, 0.5) is 11.4 Å². The number of hydrogen-bond acceptors (Lipinski definition) is 4. The fraction of sp³-hybridized carbons (Fsp3) is 0.600. The Morgan fingerprint density at radius 2 is 1.92 bits per heavy atom. The number of amides is 2. The Morgan fingerprint density at radius 1 is 1.12 bits per heavy atom. The van der Waals surface area contributed by atoms with Crippen molar-refractivity contribution in [3.8, 4) is 0 Å². The largest absolute Gasteiger partial charge is 0.325 e. The van der Waals surface area contributed by atoms with E-state index in [4.69, 9.17) is 0 Å². The van der Waals surface area contributed by atoms with E-state index in [9.17, 15) is 9.59 Å². The molecule has 1 aromatic rings. The van der Waals surface area contributed by atoms with Gasteiger partial charge in [-0.05, 0) is 69.9 Å². The van der Waals surface area contributed by atoms with Gasteiger partial charge in [0.25, 0.3) is 0 Å². The summed E-state index contributed by atoms with van der Waals surface area (Å²) in [5.74, 6) is 0.00608. The predicted molar refractivity (Wildman–Crippen MR) is 104 cm³/mol. The van der Waals surface area contributed by atoms with E-state index in [2.05, 4.69) is 20.9 Å². The third kappa shape index (κ3) is 5.29. The van der Waals surface area contributed by atoms with E-state index >= 15 is 0 Å². The van der Waals surface area contributed by atoms with Gasteiger partial charge in [0.05, 0.1) is 12.6 Å². The van der Waals surface area contributed by atoms with Crippen LogP contribution >= 0.6 is 0 Å². The van der Waals surface area contributed by atoms with Crippen molar-refractivity contribution < 1.29 is 9.59 Å². The molecular formula is C20H30N4O2. The van der Waals surface area contributed by atoms with E-state index in [0.29, 0.717) is 6.54 Å². The van der Waals surface area contributed by atoms with Crippen LogP contribution in [0.15, 0.2) is 18.2 Å². The summed E-state index contributed by atoms with van der Waals surface area (Å²) >= 11 is 0. The minimum Gasteiger partial charge on any atom is -0.325 e. The first-order valence-corrected chi connectivity index (χ1v) is 9.79. The normalized spacial score (nSPS) is 21.2. The number of anilines is 2. The molecule has 0 unspecified atom stereocenters. The van der Waals surface area contributed by atoms with Crippen LogP contribution in [0.2, 0.25) is 0 Å². The minimum absolute atomic E-state index is 0.000790. The summed E-state index contributed by atoms with van der Waals surface area (Å²) in [5.41, 5.74) is 2.48. The van der Waals surface area contributed by atoms with E-state index in [0.717, 1.165) is 55.8 Å². The topological polar surface area (TPSA) is 73.5 Å². The van der Waals surface area contributed by atoms with Crippen molar-refractivity contribution in [2.24, 2.45) is 0 Å². The SMILES string of the molecule is Cc1ccc(NC(=O)[C@H]2CCCCN2)cc1NC(=O)CN1CCCCC1. The Hall–Kier alpha value is -1.92. The quantitative estimate of drug-likeness (QED) is 0.756. The van der Waals surface area contributed by atoms with Gasteiger partial charge in [-0.1, -0.05) is 18.9 Å². The summed E-state index contributed by atoms with van der Waals surface area (Å²) in [6.07, 6.45) is 6.68. The first-order chi connectivity index (χ1) is 12.6. The fourth-order valence-electron chi connectivity index (χ4n) is 3.65. The Balaban J connectivity index is 1.57. The molecule has 2 saturated heterocycles. The molecule has 0 saturated carbocycles. The lowest BCUT2D eigenvalue weighted by atomic mass is 10.0. The van der Waals surface area contributed by atoms with Gasteiger partial charge >= 0.3 is 0 Å². The Kier molecular flexibility index (Phi) is 6.63. The molecule has 2 aliphatic heterocycles. The zero-order valence-electron chi connectivity index (χ0n) is 15.6. The highest BCUT2D eigenvalue weighted by molar-refractivity contribution is 5.97. The average Bonchev–Trinajstić information content (AvgIpc) is 2.66. The van der Waals surface area contributed by atoms with Gasteiger partial charge in [0.2, 0.25) is 11.8 Å². The Labute approximate surface area is 155 Å². The van der Waals surface area contributed by atoms with Crippen molar-refractivity contribution in [2.75, 3.05) is 36.8 Å². The van der Waals surface area contributed by atoms with Crippen LogP contribution in [-0.4, -0.2) is 48.9 Å². The Bertz CT molecular complexity index is 635. The standard InChI is InChI=1S/C20H30N4O2/c1-15-8-9-16(22-20(26)17-7-3-4-10-21-17)13-18(15)23-19(25)14-24-11-5-2-6-12-24/h8-9,13,17,21H,2-7,10-12,14H2,1H3,(H,22,26)(H,23,25)/t17-/m1/s1. The number of nitrogens with one attached hydrogen (secondary N) is 3. The zero-order valence-corrected chi connectivity index (χ0v) is 15.6. The molecule has 1 aromatic carbocycles. The second-order valence-electron chi connectivity index (χ2n) is 7.41. The predicted octanol–water partition coefficient (Wildman–Crippen LogP) is 2.50. The van der Waals surface area contributed by atoms with Gasteiger partial charge in [-0.15, -0.1) is 0 Å². The second kappa shape index (κ2) is 9.14. The molecule has 2 amide bonds. The van der Waals surface area contributed by atoms with Gasteiger partial charge < -0.3 is 16.0 Å². The smallest absolute Gasteiger partial charge is 0.241 e. The van der Waals surface area contributed by atoms with Crippen molar-refractivity contribution in [3.05, 3.63) is 23.8 Å². The maximum Gasteiger partial charge on any atom is 0.241 e. The maximum absolute atomic E-state index is 12.4. The number of aryl methyl sites for hydroxylation is 1. The van der Waals surface area contributed by atoms with E-state index in [1.807, 2.05) is 25.1 Å². The molecule has 2 heterocycles. The number of piperidine rings is 2. The highest BCUT2D eigenvalue weighted by atomic mass is 16.2. The molecule has 6 nitrogen and oxygen atoms in total. The highest BCUT2D eigenvalue weighted by Gasteiger charge is 2.21. The summed E-state index contributed by atoms with van der Waals surface area (Å²) in [6, 6.07) is 5.54. The fourth-order valence-corrected chi connectivity index (χ4v) is 3.65. The second-order valence-corrected chi connectivity index (χ2v) is 7.41. The van der Waals surface area contributed by atoms with E-state index in [1.165, 1.54) is 19.3 Å². The highest BCUT2D eigenvalue weighted by Crippen LogP contribution is 2.21. The van der Waals surface area contributed by atoms with Crippen LogP contribution in [0.3, 0.4) is 0 Å². The van der Waals surface area contributed by atoms with Gasteiger partial charge in [-0.3, -0.25) is 14.5 Å². The molecular weight excluding hydrogens is 328 g/mol. The summed E-state index contributed by atoms with van der Waals surface area (Å²) in [7, 11) is 0. The third-order valence-electron chi connectivity index (χ3n) is 5.22. The van der Waals surface area contributed by atoms with Gasteiger partial charge in [-0.25, -0.2) is 0 Å². The van der Waals surface area contributed by atoms with Crippen molar-refractivity contribution in [2.45, 2.75) is 51.5 Å². The van der Waals surface area contributed by atoms with Gasteiger partial charge in [0.15, 0.2) is 0 Å². The van der Waals surface area contributed by atoms with Crippen LogP contribution in [0.5, 0.6) is 0 Å². The van der Waals surface area contributed by atoms with Gasteiger partial charge in [0, 0.05) is 11.4 Å². The summed E-state index contributed by atoms with van der Waals surface area (Å²) in [5, 5.41) is 9.23. The van der Waals surface area contributed by atoms with E-state index < -0.39 is 0 Å². The van der Waals surface area contributed by atoms with Crippen molar-refractivity contribution in [1.82, 2.24) is 10.2 Å². The molecule has 0 radical (unpaired) electrons. The molecule has 0 aromatic heterocycles. The van der Waals surface area contributed by atoms with Crippen LogP contribution in [0, 0.1) is 6.92 Å². The molecule has 142 valence electrons. The summed E-state index contributed by atoms with van der Waals surface area (Å²) in [4.78, 5) is 26.9. The number of carbonyl (C=O) groups is 2. The molecule has 3 rings (SSSR count). The van der Waals surface area contributed by atoms with Crippen molar-refractivity contribution in [3.63, 3.8) is 0 Å². The first-order valence-electron chi connectivity index (χ1n) is 9.79. The average molecular weight is 358 g/mol. The van der Waals surface area contributed by atoms with E-state index in [-0.39, 0.29) is 17.9 Å². The number of benzene rings is 1. The summed E-state index contributed by atoms with van der Waals surface area (Å²) < 4.78 is 0. The molecule has 1 atom stereocenters. The molecule has 26 heavy (non-hydrogen) atoms. The monoisotopic (exact) mass is 358 g/mol. The van der Waals surface area contributed by atoms with Gasteiger partial charge in [0.1, 0.15) is 0 Å². The zero-order chi connectivity index (χ0) is 18.4. The number of carbonyl (C=O) groups excluding carboxylic acids is 2. The van der Waals surface area contributed by atoms with Crippen molar-refractivity contribution >= 4 is 23.2 Å². The lowest BCUT2D eigenvalue weighted by molar-refractivity contribution is -0.119. The molecule has 3 N–H and O–H groups in total. The van der Waals surface area contributed by atoms with Crippen LogP contribution < -0.4 is 16.0 Å². The molecule has 0 bridgehead atoms. The number of likely N-dealkylation sites (tertiary alicyclic amines) is 1. The number of nitrogens with zero attached hydrogens (tertiary/aromatic N) is 1. The lowest BCUT2D eigenvalue weighted by Gasteiger charge is -2.25. The Morgan fingerprint density at radius 3 is 2.65 bits per heavy atom. The molecule has 2 fully saturated rings. The van der Waals surface area contributed by atoms with Crippen LogP contribution in [-0.2, 0) is 9.59 Å². The first kappa shape index (κ1) is 18.9. The maximum atomic E-state index is 12.4. The third-order valence-corrected chi connectivity index (χ3v) is 5.22. The summed E-state index contributed by atoms with van der Waals surface area (Å²) in [6.45, 7) is 5.28. The molecule has 6 heteroatoms. The van der Waals surface area contributed by atoms with Gasteiger partial charge in [-0.2, -0.15) is 0 Å². The molecule has 2 aliphatic rings. The van der Waals surface area contributed by atoms with Crippen LogP contribution in [0.25, 0.3) is 0 Å². The molecule has 0 aliphatic carbocycles.